The molecular formula is C13H15N3O3. The number of anilines is 1. The van der Waals surface area contributed by atoms with Crippen LogP contribution in [0.1, 0.15) is 23.0 Å². The van der Waals surface area contributed by atoms with E-state index in [9.17, 15) is 4.79 Å². The Morgan fingerprint density at radius 1 is 1.53 bits per heavy atom. The average Bonchev–Trinajstić information content (AvgIpc) is 2.74. The molecule has 100 valence electrons. The molecule has 19 heavy (non-hydrogen) atoms. The van der Waals surface area contributed by atoms with E-state index in [1.807, 2.05) is 19.9 Å². The Morgan fingerprint density at radius 3 is 2.84 bits per heavy atom. The third-order valence-electron chi connectivity index (χ3n) is 2.68. The number of aromatic carboxylic acids is 1. The van der Waals surface area contributed by atoms with Crippen LogP contribution in [0.15, 0.2) is 18.2 Å². The van der Waals surface area contributed by atoms with Crippen LogP contribution in [0, 0.1) is 6.92 Å². The van der Waals surface area contributed by atoms with E-state index in [0.717, 1.165) is 11.3 Å². The molecule has 0 amide bonds. The zero-order valence-electron chi connectivity index (χ0n) is 10.7. The highest BCUT2D eigenvalue weighted by molar-refractivity contribution is 5.93. The molecule has 1 aromatic heterocycles. The average molecular weight is 261 g/mol. The van der Waals surface area contributed by atoms with Gasteiger partial charge in [-0.3, -0.25) is 0 Å². The lowest BCUT2D eigenvalue weighted by Gasteiger charge is -2.08. The first-order valence-electron chi connectivity index (χ1n) is 5.85. The van der Waals surface area contributed by atoms with Crippen LogP contribution >= 0.6 is 0 Å². The third kappa shape index (κ3) is 2.52. The van der Waals surface area contributed by atoms with E-state index in [2.05, 4.69) is 9.97 Å². The number of nitrogen functional groups attached to an aromatic ring is 1. The number of H-pyrrole nitrogens is 1. The molecule has 4 N–H and O–H groups in total. The number of carboxylic acids is 1. The summed E-state index contributed by atoms with van der Waals surface area (Å²) in [7, 11) is 0. The summed E-state index contributed by atoms with van der Waals surface area (Å²) >= 11 is 0. The van der Waals surface area contributed by atoms with Gasteiger partial charge in [0, 0.05) is 5.56 Å². The number of hydrogen-bond acceptors (Lipinski definition) is 4. The molecule has 0 aliphatic rings. The fraction of sp³-hybridized carbons (Fsp3) is 0.231. The van der Waals surface area contributed by atoms with Gasteiger partial charge in [-0.15, -0.1) is 0 Å². The van der Waals surface area contributed by atoms with Crippen LogP contribution in [0.5, 0.6) is 5.75 Å². The van der Waals surface area contributed by atoms with E-state index in [1.54, 1.807) is 12.1 Å². The summed E-state index contributed by atoms with van der Waals surface area (Å²) in [4.78, 5) is 17.7. The molecule has 2 aromatic rings. The van der Waals surface area contributed by atoms with Gasteiger partial charge in [0.25, 0.3) is 0 Å². The maximum Gasteiger partial charge on any atom is 0.354 e. The highest BCUT2D eigenvalue weighted by Gasteiger charge is 2.17. The molecule has 0 aliphatic heterocycles. The lowest BCUT2D eigenvalue weighted by Crippen LogP contribution is -2.00. The Bertz CT molecular complexity index is 620. The smallest absolute Gasteiger partial charge is 0.354 e. The second-order valence-electron chi connectivity index (χ2n) is 4.06. The van der Waals surface area contributed by atoms with Gasteiger partial charge in [-0.2, -0.15) is 0 Å². The Labute approximate surface area is 110 Å². The number of carbonyl (C=O) groups is 1. The van der Waals surface area contributed by atoms with Crippen LogP contribution < -0.4 is 10.5 Å². The van der Waals surface area contributed by atoms with Crippen molar-refractivity contribution in [1.29, 1.82) is 0 Å². The molecule has 0 spiro atoms. The van der Waals surface area contributed by atoms with Crippen LogP contribution in [0.4, 0.5) is 5.95 Å². The molecule has 6 nitrogen and oxygen atoms in total. The van der Waals surface area contributed by atoms with Gasteiger partial charge >= 0.3 is 5.97 Å². The van der Waals surface area contributed by atoms with Gasteiger partial charge < -0.3 is 20.6 Å². The normalized spacial score (nSPS) is 10.4. The predicted octanol–water partition coefficient (Wildman–Crippen LogP) is 2.06. The molecule has 0 fully saturated rings. The van der Waals surface area contributed by atoms with E-state index >= 15 is 0 Å². The molecule has 0 aliphatic carbocycles. The van der Waals surface area contributed by atoms with E-state index in [1.165, 1.54) is 0 Å². The summed E-state index contributed by atoms with van der Waals surface area (Å²) in [5.41, 5.74) is 7.43. The van der Waals surface area contributed by atoms with Crippen molar-refractivity contribution >= 4 is 11.9 Å². The Kier molecular flexibility index (Phi) is 3.41. The molecule has 0 saturated carbocycles. The fourth-order valence-electron chi connectivity index (χ4n) is 1.87. The molecule has 1 aromatic carbocycles. The minimum atomic E-state index is -1.09. The van der Waals surface area contributed by atoms with Crippen molar-refractivity contribution in [3.63, 3.8) is 0 Å². The largest absolute Gasteiger partial charge is 0.494 e. The number of nitrogens with two attached hydrogens (primary N) is 1. The number of imidazole rings is 1. The lowest BCUT2D eigenvalue weighted by atomic mass is 10.1. The highest BCUT2D eigenvalue weighted by Crippen LogP contribution is 2.27. The molecule has 0 radical (unpaired) electrons. The number of aromatic nitrogens is 2. The first kappa shape index (κ1) is 12.9. The minimum absolute atomic E-state index is 0.0129. The number of aryl methyl sites for hydroxylation is 1. The highest BCUT2D eigenvalue weighted by atomic mass is 16.5. The molecule has 6 heteroatoms. The van der Waals surface area contributed by atoms with Crippen molar-refractivity contribution in [2.75, 3.05) is 12.3 Å². The number of nitrogens with one attached hydrogen (secondary N) is 1. The van der Waals surface area contributed by atoms with Crippen LogP contribution in [0.3, 0.4) is 0 Å². The van der Waals surface area contributed by atoms with Crippen molar-refractivity contribution < 1.29 is 14.6 Å². The summed E-state index contributed by atoms with van der Waals surface area (Å²) in [6.45, 7) is 4.38. The Morgan fingerprint density at radius 2 is 2.26 bits per heavy atom. The van der Waals surface area contributed by atoms with Gasteiger partial charge in [0.2, 0.25) is 0 Å². The molecule has 2 rings (SSSR count). The van der Waals surface area contributed by atoms with E-state index in [0.29, 0.717) is 17.9 Å². The monoisotopic (exact) mass is 261 g/mol. The topological polar surface area (TPSA) is 101 Å². The number of nitrogens with zero attached hydrogens (tertiary/aromatic N) is 1. The number of aromatic amines is 1. The number of carboxylic acid groups (broad SMARTS) is 1. The van der Waals surface area contributed by atoms with Crippen molar-refractivity contribution in [2.24, 2.45) is 0 Å². The number of benzene rings is 1. The molecular weight excluding hydrogens is 246 g/mol. The van der Waals surface area contributed by atoms with Gasteiger partial charge in [-0.1, -0.05) is 0 Å². The minimum Gasteiger partial charge on any atom is -0.494 e. The second kappa shape index (κ2) is 5.01. The lowest BCUT2D eigenvalue weighted by molar-refractivity contribution is 0.0692. The molecule has 0 unspecified atom stereocenters. The Balaban J connectivity index is 2.48. The summed E-state index contributed by atoms with van der Waals surface area (Å²) in [5, 5.41) is 9.10. The molecule has 0 bridgehead atoms. The van der Waals surface area contributed by atoms with Crippen LogP contribution in [0.2, 0.25) is 0 Å². The number of ether oxygens (including phenoxy) is 1. The van der Waals surface area contributed by atoms with Crippen molar-refractivity contribution in [1.82, 2.24) is 9.97 Å². The fourth-order valence-corrected chi connectivity index (χ4v) is 1.87. The van der Waals surface area contributed by atoms with Gasteiger partial charge in [0.1, 0.15) is 11.4 Å². The predicted molar refractivity (Wildman–Crippen MR) is 71.3 cm³/mol. The quantitative estimate of drug-likeness (QED) is 0.782. The molecule has 0 atom stereocenters. The van der Waals surface area contributed by atoms with E-state index < -0.39 is 5.97 Å². The van der Waals surface area contributed by atoms with E-state index in [4.69, 9.17) is 15.6 Å². The number of rotatable bonds is 4. The van der Waals surface area contributed by atoms with Crippen LogP contribution in [-0.4, -0.2) is 27.7 Å². The summed E-state index contributed by atoms with van der Waals surface area (Å²) in [5.74, 6) is -0.240. The summed E-state index contributed by atoms with van der Waals surface area (Å²) in [6, 6.07) is 5.39. The van der Waals surface area contributed by atoms with Gasteiger partial charge in [0.15, 0.2) is 11.6 Å². The third-order valence-corrected chi connectivity index (χ3v) is 2.68. The molecule has 0 saturated heterocycles. The SMILES string of the molecule is CCOc1ccc(-c2nc(N)[nH]c2C(=O)O)cc1C. The van der Waals surface area contributed by atoms with Gasteiger partial charge in [0.05, 0.1) is 6.61 Å². The maximum absolute atomic E-state index is 11.1. The van der Waals surface area contributed by atoms with Gasteiger partial charge in [-0.05, 0) is 37.6 Å². The molecule has 1 heterocycles. The zero-order valence-corrected chi connectivity index (χ0v) is 10.7. The van der Waals surface area contributed by atoms with Crippen molar-refractivity contribution in [3.05, 3.63) is 29.5 Å². The zero-order chi connectivity index (χ0) is 14.0. The summed E-state index contributed by atoms with van der Waals surface area (Å²) in [6.07, 6.45) is 0. The summed E-state index contributed by atoms with van der Waals surface area (Å²) < 4.78 is 5.44. The van der Waals surface area contributed by atoms with E-state index in [-0.39, 0.29) is 11.6 Å². The standard InChI is InChI=1S/C13H15N3O3/c1-3-19-9-5-4-8(6-7(9)2)10-11(12(17)18)16-13(14)15-10/h4-6H,3H2,1-2H3,(H,17,18)(H3,14,15,16). The van der Waals surface area contributed by atoms with Crippen molar-refractivity contribution in [2.45, 2.75) is 13.8 Å². The first-order valence-corrected chi connectivity index (χ1v) is 5.85. The maximum atomic E-state index is 11.1. The van der Waals surface area contributed by atoms with Crippen molar-refractivity contribution in [3.8, 4) is 17.0 Å². The number of hydrogen-bond donors (Lipinski definition) is 3. The Hall–Kier alpha value is -2.50. The van der Waals surface area contributed by atoms with Crippen LogP contribution in [0.25, 0.3) is 11.3 Å². The second-order valence-corrected chi connectivity index (χ2v) is 4.06. The van der Waals surface area contributed by atoms with Crippen LogP contribution in [-0.2, 0) is 0 Å². The van der Waals surface area contributed by atoms with Gasteiger partial charge in [-0.25, -0.2) is 9.78 Å². The first-order chi connectivity index (χ1) is 9.02.